The van der Waals surface area contributed by atoms with Crippen molar-refractivity contribution >= 4 is 0 Å². The van der Waals surface area contributed by atoms with E-state index in [1.165, 1.54) is 12.5 Å². The van der Waals surface area contributed by atoms with Crippen LogP contribution in [0.25, 0.3) is 0 Å². The summed E-state index contributed by atoms with van der Waals surface area (Å²) in [6, 6.07) is 4.79. The molecule has 88 valence electrons. The third-order valence-electron chi connectivity index (χ3n) is 3.48. The Labute approximate surface area is 95.8 Å². The molecule has 1 fully saturated rings. The van der Waals surface area contributed by atoms with E-state index in [2.05, 4.69) is 5.32 Å². The minimum atomic E-state index is -0.175. The standard InChI is InChI=1S/C13H18FNO/c1-15-8-9-3-5-11(9)12-7-10(14)4-6-13(12)16-2/h4,6-7,9,11,15H,3,5,8H2,1-2H3. The Morgan fingerprint density at radius 3 is 2.81 bits per heavy atom. The first-order chi connectivity index (χ1) is 7.76. The molecule has 2 unspecified atom stereocenters. The minimum absolute atomic E-state index is 0.175. The van der Waals surface area contributed by atoms with Gasteiger partial charge in [-0.2, -0.15) is 0 Å². The smallest absolute Gasteiger partial charge is 0.123 e. The second kappa shape index (κ2) is 4.83. The maximum Gasteiger partial charge on any atom is 0.123 e. The van der Waals surface area contributed by atoms with Crippen molar-refractivity contribution in [1.29, 1.82) is 0 Å². The molecule has 2 atom stereocenters. The van der Waals surface area contributed by atoms with E-state index in [1.54, 1.807) is 19.2 Å². The number of benzene rings is 1. The summed E-state index contributed by atoms with van der Waals surface area (Å²) in [6.07, 6.45) is 2.34. The summed E-state index contributed by atoms with van der Waals surface area (Å²) in [5.41, 5.74) is 1.02. The van der Waals surface area contributed by atoms with Gasteiger partial charge in [-0.05, 0) is 56.5 Å². The normalized spacial score (nSPS) is 23.9. The highest BCUT2D eigenvalue weighted by molar-refractivity contribution is 5.38. The number of rotatable bonds is 4. The summed E-state index contributed by atoms with van der Waals surface area (Å²) in [4.78, 5) is 0. The van der Waals surface area contributed by atoms with Gasteiger partial charge in [-0.25, -0.2) is 4.39 Å². The number of hydrogen-bond acceptors (Lipinski definition) is 2. The molecular weight excluding hydrogens is 205 g/mol. The molecule has 0 spiro atoms. The molecule has 16 heavy (non-hydrogen) atoms. The van der Waals surface area contributed by atoms with Crippen LogP contribution in [0.1, 0.15) is 24.3 Å². The summed E-state index contributed by atoms with van der Waals surface area (Å²) < 4.78 is 18.5. The number of ether oxygens (including phenoxy) is 1. The quantitative estimate of drug-likeness (QED) is 0.847. The topological polar surface area (TPSA) is 21.3 Å². The predicted octanol–water partition coefficient (Wildman–Crippen LogP) is 2.55. The fourth-order valence-corrected chi connectivity index (χ4v) is 2.48. The molecule has 0 saturated heterocycles. The van der Waals surface area contributed by atoms with Crippen LogP contribution in [0.2, 0.25) is 0 Å². The van der Waals surface area contributed by atoms with Crippen LogP contribution in [0.5, 0.6) is 5.75 Å². The van der Waals surface area contributed by atoms with E-state index >= 15 is 0 Å². The first-order valence-electron chi connectivity index (χ1n) is 5.74. The van der Waals surface area contributed by atoms with Gasteiger partial charge in [0.25, 0.3) is 0 Å². The zero-order chi connectivity index (χ0) is 11.5. The average molecular weight is 223 g/mol. The SMILES string of the molecule is CNCC1CCC1c1cc(F)ccc1OC. The third-order valence-corrected chi connectivity index (χ3v) is 3.48. The van der Waals surface area contributed by atoms with Gasteiger partial charge in [-0.3, -0.25) is 0 Å². The number of hydrogen-bond donors (Lipinski definition) is 1. The van der Waals surface area contributed by atoms with Crippen LogP contribution in [0.15, 0.2) is 18.2 Å². The van der Waals surface area contributed by atoms with Crippen molar-refractivity contribution in [2.45, 2.75) is 18.8 Å². The van der Waals surface area contributed by atoms with E-state index in [0.717, 1.165) is 24.3 Å². The first-order valence-corrected chi connectivity index (χ1v) is 5.74. The van der Waals surface area contributed by atoms with Gasteiger partial charge in [-0.15, -0.1) is 0 Å². The van der Waals surface area contributed by atoms with E-state index in [4.69, 9.17) is 4.74 Å². The van der Waals surface area contributed by atoms with Crippen molar-refractivity contribution in [3.8, 4) is 5.75 Å². The zero-order valence-corrected chi connectivity index (χ0v) is 9.79. The summed E-state index contributed by atoms with van der Waals surface area (Å²) >= 11 is 0. The van der Waals surface area contributed by atoms with Gasteiger partial charge in [0.1, 0.15) is 11.6 Å². The van der Waals surface area contributed by atoms with Crippen LogP contribution < -0.4 is 10.1 Å². The maximum atomic E-state index is 13.2. The lowest BCUT2D eigenvalue weighted by molar-refractivity contribution is 0.243. The molecule has 0 heterocycles. The molecular formula is C13H18FNO. The van der Waals surface area contributed by atoms with Crippen LogP contribution in [-0.2, 0) is 0 Å². The molecule has 0 bridgehead atoms. The molecule has 0 amide bonds. The first kappa shape index (κ1) is 11.4. The van der Waals surface area contributed by atoms with Crippen molar-refractivity contribution in [3.63, 3.8) is 0 Å². The number of halogens is 1. The van der Waals surface area contributed by atoms with E-state index < -0.39 is 0 Å². The monoisotopic (exact) mass is 223 g/mol. The lowest BCUT2D eigenvalue weighted by atomic mass is 9.69. The molecule has 1 N–H and O–H groups in total. The van der Waals surface area contributed by atoms with Crippen LogP contribution in [0, 0.1) is 11.7 Å². The van der Waals surface area contributed by atoms with Gasteiger partial charge in [0.05, 0.1) is 7.11 Å². The van der Waals surface area contributed by atoms with Crippen LogP contribution in [-0.4, -0.2) is 20.7 Å². The molecule has 0 aromatic heterocycles. The van der Waals surface area contributed by atoms with Crippen molar-refractivity contribution in [2.24, 2.45) is 5.92 Å². The summed E-state index contributed by atoms with van der Waals surface area (Å²) in [6.45, 7) is 0.990. The molecule has 1 saturated carbocycles. The molecule has 1 aliphatic carbocycles. The van der Waals surface area contributed by atoms with Gasteiger partial charge < -0.3 is 10.1 Å². The average Bonchev–Trinajstić information content (AvgIpc) is 2.25. The number of nitrogens with one attached hydrogen (secondary N) is 1. The van der Waals surface area contributed by atoms with Crippen LogP contribution in [0.4, 0.5) is 4.39 Å². The molecule has 2 nitrogen and oxygen atoms in total. The van der Waals surface area contributed by atoms with E-state index in [-0.39, 0.29) is 5.82 Å². The Kier molecular flexibility index (Phi) is 3.44. The Hall–Kier alpha value is -1.09. The molecule has 2 rings (SSSR count). The Bertz CT molecular complexity index is 367. The summed E-state index contributed by atoms with van der Waals surface area (Å²) in [7, 11) is 3.60. The molecule has 1 aromatic carbocycles. The molecule has 0 radical (unpaired) electrons. The molecule has 0 aliphatic heterocycles. The van der Waals surface area contributed by atoms with Gasteiger partial charge in [0, 0.05) is 5.56 Å². The van der Waals surface area contributed by atoms with Gasteiger partial charge in [0.15, 0.2) is 0 Å². The van der Waals surface area contributed by atoms with Gasteiger partial charge >= 0.3 is 0 Å². The largest absolute Gasteiger partial charge is 0.496 e. The number of methoxy groups -OCH3 is 1. The van der Waals surface area contributed by atoms with E-state index in [0.29, 0.717) is 11.8 Å². The zero-order valence-electron chi connectivity index (χ0n) is 9.79. The molecule has 3 heteroatoms. The molecule has 1 aliphatic rings. The van der Waals surface area contributed by atoms with Crippen LogP contribution >= 0.6 is 0 Å². The van der Waals surface area contributed by atoms with Gasteiger partial charge in [-0.1, -0.05) is 0 Å². The Morgan fingerprint density at radius 2 is 2.25 bits per heavy atom. The van der Waals surface area contributed by atoms with E-state index in [9.17, 15) is 4.39 Å². The Morgan fingerprint density at radius 1 is 1.44 bits per heavy atom. The van der Waals surface area contributed by atoms with Crippen LogP contribution in [0.3, 0.4) is 0 Å². The highest BCUT2D eigenvalue weighted by Gasteiger charge is 2.33. The van der Waals surface area contributed by atoms with Gasteiger partial charge in [0.2, 0.25) is 0 Å². The lowest BCUT2D eigenvalue weighted by Gasteiger charge is -2.37. The summed E-state index contributed by atoms with van der Waals surface area (Å²) in [5.74, 6) is 1.69. The second-order valence-corrected chi connectivity index (χ2v) is 4.39. The lowest BCUT2D eigenvalue weighted by Crippen LogP contribution is -2.32. The minimum Gasteiger partial charge on any atom is -0.496 e. The van der Waals surface area contributed by atoms with Crippen molar-refractivity contribution < 1.29 is 9.13 Å². The highest BCUT2D eigenvalue weighted by Crippen LogP contribution is 2.45. The van der Waals surface area contributed by atoms with Crippen molar-refractivity contribution in [1.82, 2.24) is 5.32 Å². The van der Waals surface area contributed by atoms with Crippen molar-refractivity contribution in [2.75, 3.05) is 20.7 Å². The van der Waals surface area contributed by atoms with Crippen molar-refractivity contribution in [3.05, 3.63) is 29.6 Å². The van der Waals surface area contributed by atoms with E-state index in [1.807, 2.05) is 7.05 Å². The predicted molar refractivity (Wildman–Crippen MR) is 62.3 cm³/mol. The summed E-state index contributed by atoms with van der Waals surface area (Å²) in [5, 5.41) is 3.19. The molecule has 1 aromatic rings. The highest BCUT2D eigenvalue weighted by atomic mass is 19.1. The second-order valence-electron chi connectivity index (χ2n) is 4.39. The Balaban J connectivity index is 2.22. The fourth-order valence-electron chi connectivity index (χ4n) is 2.48. The third kappa shape index (κ3) is 2.05. The fraction of sp³-hybridized carbons (Fsp3) is 0.538. The maximum absolute atomic E-state index is 13.2.